The summed E-state index contributed by atoms with van der Waals surface area (Å²) < 4.78 is 32.7. The van der Waals surface area contributed by atoms with Crippen molar-refractivity contribution in [3.63, 3.8) is 0 Å². The molecule has 158 valence electrons. The quantitative estimate of drug-likeness (QED) is 0.752. The molecule has 2 aromatic carbocycles. The van der Waals surface area contributed by atoms with E-state index in [9.17, 15) is 8.42 Å². The highest BCUT2D eigenvalue weighted by Crippen LogP contribution is 2.51. The maximum Gasteiger partial charge on any atom is 0.243 e. The highest BCUT2D eigenvalue weighted by molar-refractivity contribution is 7.89. The van der Waals surface area contributed by atoms with Crippen LogP contribution >= 0.6 is 0 Å². The molecule has 1 N–H and O–H groups in total. The number of anilines is 1. The van der Waals surface area contributed by atoms with E-state index in [1.165, 1.54) is 26.7 Å². The number of sulfonamides is 1. The lowest BCUT2D eigenvalue weighted by Crippen LogP contribution is -2.40. The Bertz CT molecular complexity index is 1090. The van der Waals surface area contributed by atoms with Crippen LogP contribution in [0.2, 0.25) is 0 Å². The van der Waals surface area contributed by atoms with Gasteiger partial charge in [-0.1, -0.05) is 30.4 Å². The Hall–Kier alpha value is -2.15. The second kappa shape index (κ2) is 7.52. The lowest BCUT2D eigenvalue weighted by molar-refractivity contribution is 0.0730. The molecule has 0 amide bonds. The Kier molecular flexibility index (Phi) is 4.96. The van der Waals surface area contributed by atoms with Crippen molar-refractivity contribution in [2.24, 2.45) is 5.92 Å². The molecule has 1 saturated heterocycles. The first-order valence-corrected chi connectivity index (χ1v) is 12.1. The molecule has 0 bridgehead atoms. The van der Waals surface area contributed by atoms with Crippen LogP contribution in [0.4, 0.5) is 5.69 Å². The van der Waals surface area contributed by atoms with Crippen LogP contribution < -0.4 is 5.32 Å². The fourth-order valence-corrected chi connectivity index (χ4v) is 6.66. The Labute approximate surface area is 178 Å². The van der Waals surface area contributed by atoms with Crippen LogP contribution in [0.1, 0.15) is 40.6 Å². The summed E-state index contributed by atoms with van der Waals surface area (Å²) in [6.07, 6.45) is 5.66. The predicted octanol–water partition coefficient (Wildman–Crippen LogP) is 4.15. The molecule has 5 nitrogen and oxygen atoms in total. The van der Waals surface area contributed by atoms with Crippen molar-refractivity contribution in [2.45, 2.75) is 37.1 Å². The van der Waals surface area contributed by atoms with E-state index in [-0.39, 0.29) is 6.04 Å². The van der Waals surface area contributed by atoms with Gasteiger partial charge in [0.15, 0.2) is 0 Å². The maximum absolute atomic E-state index is 12.9. The largest absolute Gasteiger partial charge is 0.379 e. The minimum atomic E-state index is -3.47. The van der Waals surface area contributed by atoms with Crippen LogP contribution in [-0.2, 0) is 14.8 Å². The van der Waals surface area contributed by atoms with Gasteiger partial charge in [-0.3, -0.25) is 0 Å². The summed E-state index contributed by atoms with van der Waals surface area (Å²) in [6.45, 7) is 6.07. The van der Waals surface area contributed by atoms with Crippen molar-refractivity contribution in [3.05, 3.63) is 70.8 Å². The molecule has 0 aromatic heterocycles. The van der Waals surface area contributed by atoms with Crippen LogP contribution in [-0.4, -0.2) is 39.0 Å². The number of ether oxygens (including phenoxy) is 1. The van der Waals surface area contributed by atoms with Gasteiger partial charge in [0, 0.05) is 24.7 Å². The number of hydrogen-bond acceptors (Lipinski definition) is 4. The molecule has 3 aliphatic rings. The number of benzene rings is 2. The highest BCUT2D eigenvalue weighted by atomic mass is 32.2. The predicted molar refractivity (Wildman–Crippen MR) is 118 cm³/mol. The van der Waals surface area contributed by atoms with Crippen molar-refractivity contribution >= 4 is 15.7 Å². The Balaban J connectivity index is 1.46. The molecule has 5 rings (SSSR count). The second-order valence-corrected chi connectivity index (χ2v) is 10.5. The first kappa shape index (κ1) is 19.8. The molecule has 0 spiro atoms. The van der Waals surface area contributed by atoms with E-state index in [0.29, 0.717) is 43.0 Å². The van der Waals surface area contributed by atoms with Gasteiger partial charge >= 0.3 is 0 Å². The monoisotopic (exact) mass is 424 g/mol. The van der Waals surface area contributed by atoms with Gasteiger partial charge in [0.05, 0.1) is 24.2 Å². The number of hydrogen-bond donors (Lipinski definition) is 1. The molecule has 0 saturated carbocycles. The number of nitrogens with one attached hydrogen (secondary N) is 1. The van der Waals surface area contributed by atoms with E-state index >= 15 is 0 Å². The first-order valence-electron chi connectivity index (χ1n) is 10.7. The third kappa shape index (κ3) is 3.27. The standard InChI is InChI=1S/C24H28N2O3S/c1-16-14-17(2)23-20-4-3-5-21(20)24(25-22(23)15-16)18-6-8-19(9-7-18)30(27,28)26-10-12-29-13-11-26/h3-4,6-9,14-15,20-21,24-25H,5,10-13H2,1-2H3/t20-,21+,24-/m1/s1. The lowest BCUT2D eigenvalue weighted by Gasteiger charge is -2.38. The summed E-state index contributed by atoms with van der Waals surface area (Å²) in [6, 6.07) is 12.1. The molecule has 30 heavy (non-hydrogen) atoms. The Morgan fingerprint density at radius 2 is 1.80 bits per heavy atom. The third-order valence-corrected chi connectivity index (χ3v) is 8.58. The molecular weight excluding hydrogens is 396 g/mol. The zero-order chi connectivity index (χ0) is 20.9. The molecule has 2 aliphatic heterocycles. The first-order chi connectivity index (χ1) is 14.4. The van der Waals surface area contributed by atoms with Gasteiger partial charge in [-0.25, -0.2) is 8.42 Å². The number of aryl methyl sites for hydroxylation is 2. The van der Waals surface area contributed by atoms with E-state index < -0.39 is 10.0 Å². The molecule has 1 aliphatic carbocycles. The third-order valence-electron chi connectivity index (χ3n) is 6.66. The van der Waals surface area contributed by atoms with E-state index in [4.69, 9.17) is 4.74 Å². The van der Waals surface area contributed by atoms with Crippen molar-refractivity contribution in [2.75, 3.05) is 31.6 Å². The molecule has 3 atom stereocenters. The van der Waals surface area contributed by atoms with E-state index in [2.05, 4.69) is 43.4 Å². The summed E-state index contributed by atoms with van der Waals surface area (Å²) in [5, 5.41) is 3.77. The highest BCUT2D eigenvalue weighted by Gasteiger charge is 2.39. The zero-order valence-electron chi connectivity index (χ0n) is 17.5. The van der Waals surface area contributed by atoms with Gasteiger partial charge in [-0.15, -0.1) is 0 Å². The molecule has 0 radical (unpaired) electrons. The molecule has 0 unspecified atom stereocenters. The van der Waals surface area contributed by atoms with Gasteiger partial charge < -0.3 is 10.1 Å². The lowest BCUT2D eigenvalue weighted by atomic mass is 9.75. The normalized spacial score (nSPS) is 26.1. The summed E-state index contributed by atoms with van der Waals surface area (Å²) in [5.74, 6) is 0.851. The number of morpholine rings is 1. The Morgan fingerprint density at radius 1 is 1.07 bits per heavy atom. The number of nitrogens with zero attached hydrogens (tertiary/aromatic N) is 1. The summed E-state index contributed by atoms with van der Waals surface area (Å²) in [4.78, 5) is 0.358. The van der Waals surface area contributed by atoms with Gasteiger partial charge in [0.25, 0.3) is 0 Å². The number of allylic oxidation sites excluding steroid dienone is 2. The average Bonchev–Trinajstić information content (AvgIpc) is 3.23. The van der Waals surface area contributed by atoms with Crippen LogP contribution in [0.15, 0.2) is 53.4 Å². The topological polar surface area (TPSA) is 58.6 Å². The summed E-state index contributed by atoms with van der Waals surface area (Å²) >= 11 is 0. The summed E-state index contributed by atoms with van der Waals surface area (Å²) in [7, 11) is -3.47. The van der Waals surface area contributed by atoms with Gasteiger partial charge in [0.2, 0.25) is 10.0 Å². The van der Waals surface area contributed by atoms with Crippen LogP contribution in [0.3, 0.4) is 0 Å². The smallest absolute Gasteiger partial charge is 0.243 e. The molecule has 1 fully saturated rings. The average molecular weight is 425 g/mol. The fourth-order valence-electron chi connectivity index (χ4n) is 5.25. The molecule has 2 heterocycles. The summed E-state index contributed by atoms with van der Waals surface area (Å²) in [5.41, 5.74) is 6.34. The van der Waals surface area contributed by atoms with Crippen molar-refractivity contribution in [1.82, 2.24) is 4.31 Å². The van der Waals surface area contributed by atoms with Crippen LogP contribution in [0.5, 0.6) is 0 Å². The minimum Gasteiger partial charge on any atom is -0.379 e. The van der Waals surface area contributed by atoms with Crippen molar-refractivity contribution < 1.29 is 13.2 Å². The van der Waals surface area contributed by atoms with Gasteiger partial charge in [0.1, 0.15) is 0 Å². The molecule has 6 heteroatoms. The SMILES string of the molecule is Cc1cc(C)c2c(c1)N[C@H](c1ccc(S(=O)(=O)N3CCOCC3)cc1)[C@H]1CC=C[C@@H]21. The van der Waals surface area contributed by atoms with E-state index in [1.54, 1.807) is 12.1 Å². The van der Waals surface area contributed by atoms with Crippen molar-refractivity contribution in [3.8, 4) is 0 Å². The number of fused-ring (bicyclic) bond motifs is 3. The van der Waals surface area contributed by atoms with Crippen LogP contribution in [0.25, 0.3) is 0 Å². The molecule has 2 aromatic rings. The zero-order valence-corrected chi connectivity index (χ0v) is 18.3. The Morgan fingerprint density at radius 3 is 2.53 bits per heavy atom. The fraction of sp³-hybridized carbons (Fsp3) is 0.417. The van der Waals surface area contributed by atoms with Gasteiger partial charge in [-0.05, 0) is 66.6 Å². The maximum atomic E-state index is 12.9. The van der Waals surface area contributed by atoms with Crippen LogP contribution in [0, 0.1) is 19.8 Å². The number of rotatable bonds is 3. The van der Waals surface area contributed by atoms with Crippen molar-refractivity contribution in [1.29, 1.82) is 0 Å². The minimum absolute atomic E-state index is 0.166. The van der Waals surface area contributed by atoms with E-state index in [0.717, 1.165) is 12.0 Å². The second-order valence-electron chi connectivity index (χ2n) is 8.60. The van der Waals surface area contributed by atoms with Gasteiger partial charge in [-0.2, -0.15) is 4.31 Å². The molecular formula is C24H28N2O3S. The van der Waals surface area contributed by atoms with E-state index in [1.807, 2.05) is 12.1 Å².